The molecule has 0 bridgehead atoms. The van der Waals surface area contributed by atoms with Crippen molar-refractivity contribution in [3.05, 3.63) is 29.3 Å². The third-order valence-corrected chi connectivity index (χ3v) is 1.68. The van der Waals surface area contributed by atoms with Crippen LogP contribution in [0.3, 0.4) is 0 Å². The summed E-state index contributed by atoms with van der Waals surface area (Å²) in [4.78, 5) is 11.5. The molecule has 0 unspecified atom stereocenters. The van der Waals surface area contributed by atoms with E-state index < -0.39 is 12.3 Å². The van der Waals surface area contributed by atoms with Gasteiger partial charge in [-0.3, -0.25) is 4.79 Å². The molecule has 0 saturated heterocycles. The largest absolute Gasteiger partial charge is 0.320 e. The molecule has 0 N–H and O–H groups in total. The molecule has 0 aliphatic heterocycles. The monoisotopic (exact) mass is 206 g/mol. The molecule has 1 amide bonds. The Morgan fingerprint density at radius 2 is 2.08 bits per heavy atom. The number of rotatable bonds is 1. The Hall–Kier alpha value is -0.730. The second-order valence-corrected chi connectivity index (χ2v) is 2.82. The van der Waals surface area contributed by atoms with Crippen molar-refractivity contribution in [3.63, 3.8) is 0 Å². The first kappa shape index (κ1) is 5.84. The Balaban J connectivity index is 3.11. The fourth-order valence-corrected chi connectivity index (χ4v) is 0.915. The summed E-state index contributed by atoms with van der Waals surface area (Å²) in [6.45, 7) is -2.60. The number of carbonyl (C=O) groups excluding carboxylic acids is 1. The van der Waals surface area contributed by atoms with Crippen LogP contribution in [0, 0.1) is 0 Å². The molecule has 0 fully saturated rings. The third-order valence-electron chi connectivity index (χ3n) is 1.26. The van der Waals surface area contributed by atoms with Crippen molar-refractivity contribution in [2.75, 3.05) is 11.9 Å². The van der Waals surface area contributed by atoms with Gasteiger partial charge >= 0.3 is 5.37 Å². The molecule has 0 aromatic heterocycles. The first-order valence-electron chi connectivity index (χ1n) is 4.57. The number of hydrogen-bond donors (Lipinski definition) is 0. The van der Waals surface area contributed by atoms with E-state index in [1.54, 1.807) is 0 Å². The van der Waals surface area contributed by atoms with E-state index in [2.05, 4.69) is 0 Å². The molecule has 1 aromatic rings. The van der Waals surface area contributed by atoms with Crippen LogP contribution in [0.5, 0.6) is 0 Å². The maximum atomic E-state index is 11.0. The summed E-state index contributed by atoms with van der Waals surface area (Å²) in [5.41, 5.74) is 0.180. The van der Waals surface area contributed by atoms with E-state index in [-0.39, 0.29) is 5.69 Å². The van der Waals surface area contributed by atoms with Crippen molar-refractivity contribution in [3.8, 4) is 0 Å². The highest BCUT2D eigenvalue weighted by Gasteiger charge is 2.05. The predicted octanol–water partition coefficient (Wildman–Crippen LogP) is 3.14. The van der Waals surface area contributed by atoms with Gasteiger partial charge in [0.2, 0.25) is 0 Å². The normalized spacial score (nSPS) is 14.3. The molecule has 1 rings (SSSR count). The van der Waals surface area contributed by atoms with Gasteiger partial charge in [0.1, 0.15) is 0 Å². The van der Waals surface area contributed by atoms with Gasteiger partial charge < -0.3 is 4.90 Å². The van der Waals surface area contributed by atoms with Gasteiger partial charge in [-0.25, -0.2) is 0 Å². The van der Waals surface area contributed by atoms with Crippen LogP contribution in [0.1, 0.15) is 4.11 Å². The first-order valence-corrected chi connectivity index (χ1v) is 3.83. The van der Waals surface area contributed by atoms with E-state index in [1.807, 2.05) is 0 Å². The van der Waals surface area contributed by atoms with Crippen LogP contribution in [0.2, 0.25) is 5.02 Å². The zero-order valence-corrected chi connectivity index (χ0v) is 7.43. The molecular formula is C8H7Cl2NO. The standard InChI is InChI=1S/C8H7Cl2NO/c1-11(8(10)12)7-4-2-6(9)3-5-7/h2-5H,1H3/i1D3. The molecule has 0 radical (unpaired) electrons. The molecule has 0 saturated carbocycles. The van der Waals surface area contributed by atoms with Crippen molar-refractivity contribution < 1.29 is 8.91 Å². The summed E-state index contributed by atoms with van der Waals surface area (Å²) in [5.74, 6) is 0. The summed E-state index contributed by atoms with van der Waals surface area (Å²) in [5, 5.41) is -0.608. The van der Waals surface area contributed by atoms with Gasteiger partial charge in [-0.1, -0.05) is 11.6 Å². The van der Waals surface area contributed by atoms with E-state index in [0.717, 1.165) is 0 Å². The van der Waals surface area contributed by atoms with Crippen molar-refractivity contribution in [2.24, 2.45) is 0 Å². The van der Waals surface area contributed by atoms with E-state index in [1.165, 1.54) is 24.3 Å². The van der Waals surface area contributed by atoms with Gasteiger partial charge in [-0.15, -0.1) is 0 Å². The molecule has 1 aromatic carbocycles. The lowest BCUT2D eigenvalue weighted by Crippen LogP contribution is -2.19. The Morgan fingerprint density at radius 1 is 1.50 bits per heavy atom. The molecule has 0 aliphatic carbocycles. The Kier molecular flexibility index (Phi) is 1.84. The number of nitrogens with zero attached hydrogens (tertiary/aromatic N) is 1. The van der Waals surface area contributed by atoms with Gasteiger partial charge in [0.25, 0.3) is 0 Å². The van der Waals surface area contributed by atoms with Gasteiger partial charge in [0, 0.05) is 21.8 Å². The highest BCUT2D eigenvalue weighted by molar-refractivity contribution is 6.66. The number of amides is 1. The zero-order chi connectivity index (χ0) is 11.6. The number of benzene rings is 1. The maximum Gasteiger partial charge on any atom is 0.320 e. The molecule has 64 valence electrons. The fraction of sp³-hybridized carbons (Fsp3) is 0.125. The molecule has 12 heavy (non-hydrogen) atoms. The van der Waals surface area contributed by atoms with Crippen molar-refractivity contribution in [1.29, 1.82) is 0 Å². The summed E-state index contributed by atoms with van der Waals surface area (Å²) in [7, 11) is 0. The van der Waals surface area contributed by atoms with Crippen molar-refractivity contribution in [1.82, 2.24) is 0 Å². The minimum Gasteiger partial charge on any atom is -0.302 e. The minimum absolute atomic E-state index is 0.180. The Labute approximate surface area is 84.9 Å². The lowest BCUT2D eigenvalue weighted by atomic mass is 10.3. The van der Waals surface area contributed by atoms with Crippen LogP contribution in [-0.4, -0.2) is 12.3 Å². The SMILES string of the molecule is [2H]C([2H])([2H])N(C(=O)Cl)c1ccc(Cl)cc1. The second kappa shape index (κ2) is 3.78. The van der Waals surface area contributed by atoms with Crippen LogP contribution in [0.25, 0.3) is 0 Å². The number of carbonyl (C=O) groups is 1. The van der Waals surface area contributed by atoms with Crippen molar-refractivity contribution >= 4 is 34.3 Å². The number of hydrogen-bond acceptors (Lipinski definition) is 1. The molecule has 0 heterocycles. The maximum absolute atomic E-state index is 11.0. The average molecular weight is 207 g/mol. The molecule has 2 nitrogen and oxygen atoms in total. The Bertz CT molecular complexity index is 363. The summed E-state index contributed by atoms with van der Waals surface area (Å²) in [6.07, 6.45) is 0. The zero-order valence-electron chi connectivity index (χ0n) is 8.92. The molecule has 4 heteroatoms. The lowest BCUT2D eigenvalue weighted by Gasteiger charge is -2.12. The number of anilines is 1. The fourth-order valence-electron chi connectivity index (χ4n) is 0.692. The van der Waals surface area contributed by atoms with Crippen LogP contribution < -0.4 is 4.90 Å². The van der Waals surface area contributed by atoms with Gasteiger partial charge in [-0.2, -0.15) is 0 Å². The highest BCUT2D eigenvalue weighted by atomic mass is 35.5. The van der Waals surface area contributed by atoms with E-state index in [9.17, 15) is 4.79 Å². The van der Waals surface area contributed by atoms with E-state index in [4.69, 9.17) is 27.3 Å². The van der Waals surface area contributed by atoms with Crippen LogP contribution >= 0.6 is 23.2 Å². The smallest absolute Gasteiger partial charge is 0.302 e. The second-order valence-electron chi connectivity index (χ2n) is 2.06. The minimum atomic E-state index is -2.60. The van der Waals surface area contributed by atoms with E-state index >= 15 is 0 Å². The highest BCUT2D eigenvalue weighted by Crippen LogP contribution is 2.17. The molecular weight excluding hydrogens is 197 g/mol. The quantitative estimate of drug-likeness (QED) is 0.511. The van der Waals surface area contributed by atoms with Crippen LogP contribution in [0.4, 0.5) is 10.5 Å². The molecule has 0 atom stereocenters. The average Bonchev–Trinajstić information content (AvgIpc) is 2.05. The van der Waals surface area contributed by atoms with Crippen LogP contribution in [0.15, 0.2) is 24.3 Å². The summed E-state index contributed by atoms with van der Waals surface area (Å²) in [6, 6.07) is 5.79. The van der Waals surface area contributed by atoms with Gasteiger partial charge in [0.15, 0.2) is 0 Å². The van der Waals surface area contributed by atoms with Crippen molar-refractivity contribution in [2.45, 2.75) is 0 Å². The van der Waals surface area contributed by atoms with Gasteiger partial charge in [-0.05, 0) is 35.9 Å². The topological polar surface area (TPSA) is 20.3 Å². The lowest BCUT2D eigenvalue weighted by molar-refractivity contribution is 0.265. The molecule has 0 aliphatic rings. The summed E-state index contributed by atoms with van der Waals surface area (Å²) >= 11 is 10.8. The van der Waals surface area contributed by atoms with Gasteiger partial charge in [0.05, 0.1) is 0 Å². The molecule has 0 spiro atoms. The number of halogens is 2. The Morgan fingerprint density at radius 3 is 2.50 bits per heavy atom. The van der Waals surface area contributed by atoms with Crippen LogP contribution in [-0.2, 0) is 0 Å². The predicted molar refractivity (Wildman–Crippen MR) is 51.1 cm³/mol. The van der Waals surface area contributed by atoms with E-state index in [0.29, 0.717) is 9.92 Å². The first-order chi connectivity index (χ1) is 6.82. The summed E-state index contributed by atoms with van der Waals surface area (Å²) < 4.78 is 21.4. The third kappa shape index (κ3) is 2.13.